The van der Waals surface area contributed by atoms with Gasteiger partial charge in [-0.15, -0.1) is 11.3 Å². The summed E-state index contributed by atoms with van der Waals surface area (Å²) >= 11 is 3.43. The first-order valence-electron chi connectivity index (χ1n) is 6.61. The third-order valence-corrected chi connectivity index (χ3v) is 5.75. The molecule has 0 fully saturated rings. The number of fused-ring (bicyclic) bond motifs is 2. The van der Waals surface area contributed by atoms with E-state index in [-0.39, 0.29) is 6.61 Å². The monoisotopic (exact) mass is 302 g/mol. The van der Waals surface area contributed by atoms with Crippen LogP contribution in [0.2, 0.25) is 0 Å². The fourth-order valence-electron chi connectivity index (χ4n) is 2.83. The number of nitrogens with zero attached hydrogens (tertiary/aromatic N) is 2. The lowest BCUT2D eigenvalue weighted by Crippen LogP contribution is -2.20. The quantitative estimate of drug-likeness (QED) is 0.924. The molecule has 1 aromatic carbocycles. The standard InChI is InChI=1S/C15H14N2OS2/c1-9-7-11-10(3-2-4-12(11)19-9)14-13(8-18)20-15-16-5-6-17(14)15/h2-4,7,18H,5-6,8H2,1H3. The summed E-state index contributed by atoms with van der Waals surface area (Å²) in [5.41, 5.74) is 2.37. The highest BCUT2D eigenvalue weighted by molar-refractivity contribution is 8.17. The van der Waals surface area contributed by atoms with Crippen molar-refractivity contribution in [2.45, 2.75) is 6.92 Å². The van der Waals surface area contributed by atoms with Crippen LogP contribution in [0.4, 0.5) is 0 Å². The Bertz CT molecular complexity index is 760. The number of benzene rings is 1. The second kappa shape index (κ2) is 4.62. The van der Waals surface area contributed by atoms with E-state index < -0.39 is 0 Å². The summed E-state index contributed by atoms with van der Waals surface area (Å²) in [6, 6.07) is 8.66. The molecule has 0 spiro atoms. The molecule has 3 nitrogen and oxygen atoms in total. The fraction of sp³-hybridized carbons (Fsp3) is 0.267. The predicted molar refractivity (Wildman–Crippen MR) is 87.2 cm³/mol. The average molecular weight is 302 g/mol. The number of aliphatic hydroxyl groups is 1. The van der Waals surface area contributed by atoms with Crippen molar-refractivity contribution in [3.8, 4) is 0 Å². The topological polar surface area (TPSA) is 35.8 Å². The van der Waals surface area contributed by atoms with Gasteiger partial charge in [0.25, 0.3) is 0 Å². The summed E-state index contributed by atoms with van der Waals surface area (Å²) in [7, 11) is 0. The molecule has 0 bridgehead atoms. The first-order valence-corrected chi connectivity index (χ1v) is 8.24. The van der Waals surface area contributed by atoms with Gasteiger partial charge in [-0.2, -0.15) is 0 Å². The van der Waals surface area contributed by atoms with Gasteiger partial charge in [0.15, 0.2) is 5.17 Å². The molecule has 0 saturated heterocycles. The van der Waals surface area contributed by atoms with Crippen molar-refractivity contribution >= 4 is 44.0 Å². The minimum atomic E-state index is 0.0784. The lowest BCUT2D eigenvalue weighted by atomic mass is 10.1. The molecule has 5 heteroatoms. The Balaban J connectivity index is 1.95. The van der Waals surface area contributed by atoms with Gasteiger partial charge in [-0.25, -0.2) is 0 Å². The number of hydrogen-bond acceptors (Lipinski definition) is 5. The molecule has 0 saturated carbocycles. The molecule has 0 amide bonds. The summed E-state index contributed by atoms with van der Waals surface area (Å²) in [5, 5.41) is 12.0. The second-order valence-electron chi connectivity index (χ2n) is 4.92. The van der Waals surface area contributed by atoms with Gasteiger partial charge in [0, 0.05) is 32.0 Å². The molecule has 3 heterocycles. The van der Waals surface area contributed by atoms with Crippen LogP contribution in [0.1, 0.15) is 10.4 Å². The lowest BCUT2D eigenvalue weighted by molar-refractivity contribution is 0.339. The van der Waals surface area contributed by atoms with Crippen LogP contribution < -0.4 is 0 Å². The van der Waals surface area contributed by atoms with Crippen LogP contribution in [-0.2, 0) is 0 Å². The number of aliphatic hydroxyl groups excluding tert-OH is 1. The highest BCUT2D eigenvalue weighted by Crippen LogP contribution is 2.44. The van der Waals surface area contributed by atoms with Crippen LogP contribution in [0.5, 0.6) is 0 Å². The molecule has 4 rings (SSSR count). The number of hydrogen-bond donors (Lipinski definition) is 1. The zero-order chi connectivity index (χ0) is 13.7. The highest BCUT2D eigenvalue weighted by Gasteiger charge is 2.33. The van der Waals surface area contributed by atoms with Crippen molar-refractivity contribution < 1.29 is 5.11 Å². The van der Waals surface area contributed by atoms with Crippen molar-refractivity contribution in [1.29, 1.82) is 0 Å². The van der Waals surface area contributed by atoms with Crippen molar-refractivity contribution in [1.82, 2.24) is 4.90 Å². The van der Waals surface area contributed by atoms with E-state index in [2.05, 4.69) is 41.1 Å². The van der Waals surface area contributed by atoms with Crippen LogP contribution in [0, 0.1) is 6.92 Å². The summed E-state index contributed by atoms with van der Waals surface area (Å²) in [5.74, 6) is 0. The third kappa shape index (κ3) is 1.74. The SMILES string of the molecule is Cc1cc2c(C3=C(CO)SC4=NCCN43)cccc2s1. The number of aryl methyl sites for hydroxylation is 1. The maximum Gasteiger partial charge on any atom is 0.168 e. The Hall–Kier alpha value is -1.30. The van der Waals surface area contributed by atoms with E-state index in [9.17, 15) is 5.11 Å². The first kappa shape index (κ1) is 12.4. The Morgan fingerprint density at radius 3 is 3.15 bits per heavy atom. The molecule has 2 aromatic rings. The normalized spacial score (nSPS) is 18.1. The summed E-state index contributed by atoms with van der Waals surface area (Å²) < 4.78 is 1.30. The Kier molecular flexibility index (Phi) is 2.87. The van der Waals surface area contributed by atoms with Crippen LogP contribution in [0.25, 0.3) is 15.8 Å². The van der Waals surface area contributed by atoms with Gasteiger partial charge >= 0.3 is 0 Å². The molecule has 0 atom stereocenters. The molecule has 0 radical (unpaired) electrons. The minimum Gasteiger partial charge on any atom is -0.391 e. The zero-order valence-corrected chi connectivity index (χ0v) is 12.7. The van der Waals surface area contributed by atoms with E-state index >= 15 is 0 Å². The lowest BCUT2D eigenvalue weighted by Gasteiger charge is -2.18. The van der Waals surface area contributed by atoms with E-state index in [4.69, 9.17) is 0 Å². The number of thiophene rings is 1. The average Bonchev–Trinajstić information content (AvgIpc) is 3.09. The van der Waals surface area contributed by atoms with Crippen LogP contribution >= 0.6 is 23.1 Å². The summed E-state index contributed by atoms with van der Waals surface area (Å²) in [4.78, 5) is 9.09. The summed E-state index contributed by atoms with van der Waals surface area (Å²) in [6.07, 6.45) is 0. The van der Waals surface area contributed by atoms with Crippen LogP contribution in [-0.4, -0.2) is 34.9 Å². The smallest absolute Gasteiger partial charge is 0.168 e. The van der Waals surface area contributed by atoms with Crippen molar-refractivity contribution in [2.75, 3.05) is 19.7 Å². The fourth-order valence-corrected chi connectivity index (χ4v) is 4.83. The Morgan fingerprint density at radius 1 is 1.40 bits per heavy atom. The number of aliphatic imine (C=N–C) groups is 1. The molecule has 2 aliphatic rings. The van der Waals surface area contributed by atoms with Gasteiger partial charge in [-0.3, -0.25) is 4.99 Å². The maximum atomic E-state index is 9.67. The van der Waals surface area contributed by atoms with Gasteiger partial charge in [0.2, 0.25) is 0 Å². The van der Waals surface area contributed by atoms with Gasteiger partial charge < -0.3 is 10.0 Å². The van der Waals surface area contributed by atoms with Gasteiger partial charge in [-0.05, 0) is 19.1 Å². The van der Waals surface area contributed by atoms with Gasteiger partial charge in [-0.1, -0.05) is 23.9 Å². The molecule has 1 aromatic heterocycles. The number of thioether (sulfide) groups is 1. The van der Waals surface area contributed by atoms with Gasteiger partial charge in [0.1, 0.15) is 0 Å². The molecule has 1 N–H and O–H groups in total. The van der Waals surface area contributed by atoms with Crippen LogP contribution in [0.3, 0.4) is 0 Å². The predicted octanol–water partition coefficient (Wildman–Crippen LogP) is 3.29. The van der Waals surface area contributed by atoms with Crippen molar-refractivity contribution in [3.05, 3.63) is 39.6 Å². The first-order chi connectivity index (χ1) is 9.78. The van der Waals surface area contributed by atoms with Crippen molar-refractivity contribution in [2.24, 2.45) is 4.99 Å². The molecular formula is C15H14N2OS2. The number of amidine groups is 1. The second-order valence-corrected chi connectivity index (χ2v) is 7.27. The Labute approximate surface area is 125 Å². The highest BCUT2D eigenvalue weighted by atomic mass is 32.2. The molecule has 102 valence electrons. The van der Waals surface area contributed by atoms with E-state index in [0.29, 0.717) is 0 Å². The van der Waals surface area contributed by atoms with E-state index in [1.807, 2.05) is 11.3 Å². The largest absolute Gasteiger partial charge is 0.391 e. The van der Waals surface area contributed by atoms with Gasteiger partial charge in [0.05, 0.1) is 18.8 Å². The molecule has 0 unspecified atom stereocenters. The summed E-state index contributed by atoms with van der Waals surface area (Å²) in [6.45, 7) is 3.99. The van der Waals surface area contributed by atoms with Crippen LogP contribution in [0.15, 0.2) is 34.2 Å². The minimum absolute atomic E-state index is 0.0784. The number of rotatable bonds is 2. The van der Waals surface area contributed by atoms with Crippen molar-refractivity contribution in [3.63, 3.8) is 0 Å². The molecule has 2 aliphatic heterocycles. The molecule has 0 aliphatic carbocycles. The van der Waals surface area contributed by atoms with E-state index in [1.165, 1.54) is 20.5 Å². The van der Waals surface area contributed by atoms with E-state index in [1.54, 1.807) is 11.8 Å². The Morgan fingerprint density at radius 2 is 2.30 bits per heavy atom. The maximum absolute atomic E-state index is 9.67. The molecular weight excluding hydrogens is 288 g/mol. The third-order valence-electron chi connectivity index (χ3n) is 3.63. The zero-order valence-electron chi connectivity index (χ0n) is 11.1. The van der Waals surface area contributed by atoms with E-state index in [0.717, 1.165) is 28.9 Å². The molecule has 20 heavy (non-hydrogen) atoms.